The minimum Gasteiger partial charge on any atom is -0.358 e. The summed E-state index contributed by atoms with van der Waals surface area (Å²) in [6, 6.07) is 0. The number of rotatable bonds is 2. The van der Waals surface area contributed by atoms with Gasteiger partial charge in [0.2, 0.25) is 0 Å². The van der Waals surface area contributed by atoms with E-state index in [9.17, 15) is 0 Å². The van der Waals surface area contributed by atoms with Gasteiger partial charge in [0.05, 0.1) is 6.61 Å². The third-order valence-corrected chi connectivity index (χ3v) is 2.18. The van der Waals surface area contributed by atoms with Gasteiger partial charge in [-0.05, 0) is 6.54 Å². The summed E-state index contributed by atoms with van der Waals surface area (Å²) in [5, 5.41) is 0. The maximum atomic E-state index is 5.50. The van der Waals surface area contributed by atoms with Crippen molar-refractivity contribution in [1.82, 2.24) is 4.90 Å². The molecule has 2 fully saturated rings. The van der Waals surface area contributed by atoms with Crippen LogP contribution in [0.3, 0.4) is 0 Å². The fourth-order valence-electron chi connectivity index (χ4n) is 1.56. The lowest BCUT2D eigenvalue weighted by atomic mass is 10.3. The van der Waals surface area contributed by atoms with Crippen LogP contribution in [0.2, 0.25) is 0 Å². The highest BCUT2D eigenvalue weighted by Gasteiger charge is 2.55. The second kappa shape index (κ2) is 1.68. The minimum absolute atomic E-state index is 0.120. The summed E-state index contributed by atoms with van der Waals surface area (Å²) in [5.41, 5.74) is 5.53. The molecule has 2 heterocycles. The van der Waals surface area contributed by atoms with Gasteiger partial charge in [-0.1, -0.05) is 0 Å². The highest BCUT2D eigenvalue weighted by atomic mass is 16.5. The molecule has 0 spiro atoms. The first-order valence-electron chi connectivity index (χ1n) is 3.46. The van der Waals surface area contributed by atoms with E-state index in [4.69, 9.17) is 10.5 Å². The van der Waals surface area contributed by atoms with E-state index in [1.54, 1.807) is 0 Å². The molecule has 0 aromatic heterocycles. The number of hydrogen-bond donors (Lipinski definition) is 1. The molecule has 3 heteroatoms. The Morgan fingerprint density at radius 3 is 3.00 bits per heavy atom. The van der Waals surface area contributed by atoms with Gasteiger partial charge in [0.25, 0.3) is 0 Å². The SMILES string of the molecule is NCCC12CN1CCO2. The second-order valence-electron chi connectivity index (χ2n) is 2.75. The Morgan fingerprint density at radius 2 is 2.56 bits per heavy atom. The van der Waals surface area contributed by atoms with Gasteiger partial charge in [0.1, 0.15) is 5.72 Å². The van der Waals surface area contributed by atoms with Gasteiger partial charge in [-0.2, -0.15) is 0 Å². The smallest absolute Gasteiger partial charge is 0.136 e. The molecule has 2 rings (SSSR count). The monoisotopic (exact) mass is 128 g/mol. The van der Waals surface area contributed by atoms with E-state index in [2.05, 4.69) is 4.90 Å². The van der Waals surface area contributed by atoms with Gasteiger partial charge in [0, 0.05) is 19.5 Å². The van der Waals surface area contributed by atoms with E-state index in [0.29, 0.717) is 0 Å². The van der Waals surface area contributed by atoms with Crippen molar-refractivity contribution in [2.75, 3.05) is 26.2 Å². The molecule has 52 valence electrons. The highest BCUT2D eigenvalue weighted by molar-refractivity contribution is 5.02. The number of morpholine rings is 1. The first-order valence-corrected chi connectivity index (χ1v) is 3.46. The standard InChI is InChI=1S/C6H12N2O/c7-2-1-6-5-8(6)3-4-9-6/h1-5,7H2. The van der Waals surface area contributed by atoms with Gasteiger partial charge in [0.15, 0.2) is 0 Å². The van der Waals surface area contributed by atoms with Crippen molar-refractivity contribution in [3.05, 3.63) is 0 Å². The fraction of sp³-hybridized carbons (Fsp3) is 1.00. The van der Waals surface area contributed by atoms with Crippen molar-refractivity contribution in [2.24, 2.45) is 5.73 Å². The quantitative estimate of drug-likeness (QED) is 0.503. The number of nitrogens with two attached hydrogens (primary N) is 1. The molecular formula is C6H12N2O. The van der Waals surface area contributed by atoms with Crippen molar-refractivity contribution in [1.29, 1.82) is 0 Å². The fourth-order valence-corrected chi connectivity index (χ4v) is 1.56. The summed E-state index contributed by atoms with van der Waals surface area (Å²) >= 11 is 0. The third-order valence-electron chi connectivity index (χ3n) is 2.18. The molecule has 0 amide bonds. The van der Waals surface area contributed by atoms with E-state index in [0.717, 1.165) is 32.7 Å². The van der Waals surface area contributed by atoms with E-state index < -0.39 is 0 Å². The van der Waals surface area contributed by atoms with Crippen molar-refractivity contribution < 1.29 is 4.74 Å². The number of ether oxygens (including phenoxy) is 1. The molecule has 2 saturated heterocycles. The maximum absolute atomic E-state index is 5.50. The molecular weight excluding hydrogens is 116 g/mol. The first-order chi connectivity index (χ1) is 4.37. The van der Waals surface area contributed by atoms with Crippen LogP contribution >= 0.6 is 0 Å². The molecule has 0 radical (unpaired) electrons. The molecule has 2 aliphatic heterocycles. The molecule has 0 saturated carbocycles. The summed E-state index contributed by atoms with van der Waals surface area (Å²) in [5.74, 6) is 0. The lowest BCUT2D eigenvalue weighted by Gasteiger charge is -2.07. The Bertz CT molecular complexity index is 128. The number of nitrogens with zero attached hydrogens (tertiary/aromatic N) is 1. The molecule has 3 nitrogen and oxygen atoms in total. The van der Waals surface area contributed by atoms with Crippen molar-refractivity contribution in [3.63, 3.8) is 0 Å². The maximum Gasteiger partial charge on any atom is 0.136 e. The molecule has 2 aliphatic rings. The van der Waals surface area contributed by atoms with Crippen LogP contribution in [0.15, 0.2) is 0 Å². The Morgan fingerprint density at radius 1 is 1.67 bits per heavy atom. The number of fused-ring (bicyclic) bond motifs is 1. The Balaban J connectivity index is 1.95. The average molecular weight is 128 g/mol. The summed E-state index contributed by atoms with van der Waals surface area (Å²) in [6.45, 7) is 3.88. The summed E-state index contributed by atoms with van der Waals surface area (Å²) in [4.78, 5) is 2.33. The van der Waals surface area contributed by atoms with E-state index in [-0.39, 0.29) is 5.72 Å². The summed E-state index contributed by atoms with van der Waals surface area (Å²) < 4.78 is 5.50. The van der Waals surface area contributed by atoms with Gasteiger partial charge in [-0.3, -0.25) is 4.90 Å². The zero-order chi connectivity index (χ0) is 6.32. The zero-order valence-electron chi connectivity index (χ0n) is 5.47. The Kier molecular flexibility index (Phi) is 1.06. The van der Waals surface area contributed by atoms with E-state index >= 15 is 0 Å². The van der Waals surface area contributed by atoms with Crippen LogP contribution in [-0.2, 0) is 4.74 Å². The van der Waals surface area contributed by atoms with Gasteiger partial charge in [-0.15, -0.1) is 0 Å². The highest BCUT2D eigenvalue weighted by Crippen LogP contribution is 2.40. The van der Waals surface area contributed by atoms with E-state index in [1.165, 1.54) is 0 Å². The van der Waals surface area contributed by atoms with Crippen molar-refractivity contribution >= 4 is 0 Å². The number of hydrogen-bond acceptors (Lipinski definition) is 3. The second-order valence-corrected chi connectivity index (χ2v) is 2.75. The van der Waals surface area contributed by atoms with Crippen LogP contribution in [0, 0.1) is 0 Å². The van der Waals surface area contributed by atoms with Crippen LogP contribution in [0.4, 0.5) is 0 Å². The lowest BCUT2D eigenvalue weighted by molar-refractivity contribution is 0.0558. The van der Waals surface area contributed by atoms with Gasteiger partial charge >= 0.3 is 0 Å². The normalized spacial score (nSPS) is 47.0. The molecule has 2 atom stereocenters. The Hall–Kier alpha value is -0.120. The van der Waals surface area contributed by atoms with E-state index in [1.807, 2.05) is 0 Å². The van der Waals surface area contributed by atoms with Gasteiger partial charge < -0.3 is 10.5 Å². The molecule has 2 unspecified atom stereocenters. The van der Waals surface area contributed by atoms with Crippen LogP contribution in [0.1, 0.15) is 6.42 Å². The van der Waals surface area contributed by atoms with Crippen LogP contribution in [0.25, 0.3) is 0 Å². The molecule has 0 aromatic rings. The topological polar surface area (TPSA) is 38.3 Å². The van der Waals surface area contributed by atoms with Crippen LogP contribution in [0.5, 0.6) is 0 Å². The molecule has 0 aliphatic carbocycles. The largest absolute Gasteiger partial charge is 0.358 e. The lowest BCUT2D eigenvalue weighted by Crippen LogP contribution is -2.19. The van der Waals surface area contributed by atoms with Crippen LogP contribution < -0.4 is 5.73 Å². The predicted octanol–water partition coefficient (Wildman–Crippen LogP) is -0.623. The first kappa shape index (κ1) is 5.65. The minimum atomic E-state index is 0.120. The predicted molar refractivity (Wildman–Crippen MR) is 33.9 cm³/mol. The zero-order valence-corrected chi connectivity index (χ0v) is 5.47. The third kappa shape index (κ3) is 0.689. The summed E-state index contributed by atoms with van der Waals surface area (Å²) in [6.07, 6.45) is 1.01. The van der Waals surface area contributed by atoms with Crippen molar-refractivity contribution in [2.45, 2.75) is 12.1 Å². The molecule has 2 N–H and O–H groups in total. The van der Waals surface area contributed by atoms with Crippen molar-refractivity contribution in [3.8, 4) is 0 Å². The van der Waals surface area contributed by atoms with Crippen LogP contribution in [-0.4, -0.2) is 36.9 Å². The van der Waals surface area contributed by atoms with Gasteiger partial charge in [-0.25, -0.2) is 0 Å². The average Bonchev–Trinajstić information content (AvgIpc) is 2.37. The molecule has 9 heavy (non-hydrogen) atoms. The summed E-state index contributed by atoms with van der Waals surface area (Å²) in [7, 11) is 0. The Labute approximate surface area is 54.8 Å². The molecule has 0 aromatic carbocycles. The molecule has 0 bridgehead atoms.